The van der Waals surface area contributed by atoms with E-state index in [0.717, 1.165) is 43.1 Å². The van der Waals surface area contributed by atoms with Crippen LogP contribution in [-0.4, -0.2) is 35.6 Å². The van der Waals surface area contributed by atoms with Crippen molar-refractivity contribution in [1.29, 1.82) is 0 Å². The second-order valence-corrected chi connectivity index (χ2v) is 9.66. The van der Waals surface area contributed by atoms with Crippen molar-refractivity contribution in [1.82, 2.24) is 5.01 Å². The number of thioether (sulfide) groups is 1. The highest BCUT2D eigenvalue weighted by atomic mass is 32.2. The molecule has 3 rings (SSSR count). The van der Waals surface area contributed by atoms with Crippen LogP contribution in [0, 0.1) is 0 Å². The first-order valence-corrected chi connectivity index (χ1v) is 12.9. The van der Waals surface area contributed by atoms with Crippen molar-refractivity contribution in [2.45, 2.75) is 58.9 Å². The van der Waals surface area contributed by atoms with Crippen LogP contribution < -0.4 is 10.6 Å². The Hall–Kier alpha value is -2.14. The molecule has 0 saturated carbocycles. The molecule has 1 unspecified atom stereocenters. The minimum Gasteiger partial charge on any atom is -0.368 e. The molecule has 1 fully saturated rings. The molecule has 5 heteroatoms. The van der Waals surface area contributed by atoms with E-state index in [4.69, 9.17) is 10.8 Å². The van der Waals surface area contributed by atoms with Crippen molar-refractivity contribution in [2.75, 3.05) is 29.5 Å². The zero-order valence-electron chi connectivity index (χ0n) is 19.4. The molecule has 0 spiro atoms. The van der Waals surface area contributed by atoms with Gasteiger partial charge in [0, 0.05) is 30.3 Å². The Labute approximate surface area is 192 Å². The van der Waals surface area contributed by atoms with E-state index in [1.54, 1.807) is 0 Å². The number of hydrogen-bond acceptors (Lipinski definition) is 3. The molecule has 0 amide bonds. The summed E-state index contributed by atoms with van der Waals surface area (Å²) in [6, 6.07) is 17.8. The molecule has 168 valence electrons. The highest BCUT2D eigenvalue weighted by Gasteiger charge is 2.16. The van der Waals surface area contributed by atoms with Crippen molar-refractivity contribution in [3.63, 3.8) is 0 Å². The minimum absolute atomic E-state index is 0.565. The fourth-order valence-electron chi connectivity index (χ4n) is 3.75. The molecule has 1 aliphatic heterocycles. The topological polar surface area (TPSA) is 44.9 Å². The predicted molar refractivity (Wildman–Crippen MR) is 137 cm³/mol. The number of nitrogens with zero attached hydrogens (tertiary/aromatic N) is 3. The van der Waals surface area contributed by atoms with Crippen LogP contribution in [0.3, 0.4) is 0 Å². The molecule has 1 aliphatic rings. The second-order valence-electron chi connectivity index (χ2n) is 8.43. The largest absolute Gasteiger partial charge is 0.368 e. The fraction of sp³-hybridized carbons (Fsp3) is 0.500. The number of hydrazone groups is 1. The van der Waals surface area contributed by atoms with Gasteiger partial charge in [0.2, 0.25) is 5.96 Å². The molecule has 2 N–H and O–H groups in total. The van der Waals surface area contributed by atoms with E-state index >= 15 is 0 Å². The first-order valence-electron chi connectivity index (χ1n) is 11.7. The highest BCUT2D eigenvalue weighted by molar-refractivity contribution is 7.99. The van der Waals surface area contributed by atoms with Crippen LogP contribution in [0.25, 0.3) is 0 Å². The fourth-order valence-corrected chi connectivity index (χ4v) is 4.63. The lowest BCUT2D eigenvalue weighted by molar-refractivity contribution is 0.319. The van der Waals surface area contributed by atoms with Crippen LogP contribution in [0.1, 0.15) is 62.6 Å². The lowest BCUT2D eigenvalue weighted by atomic mass is 9.98. The van der Waals surface area contributed by atoms with Gasteiger partial charge in [0.05, 0.1) is 6.54 Å². The SMILES string of the molecule is CCCCc1ccc(CN(C(N)=NN2CCSCC2)c2ccc(C(C)CC)cc2)cc1. The molecule has 0 aromatic heterocycles. The zero-order chi connectivity index (χ0) is 22.1. The molecule has 2 aromatic rings. The van der Waals surface area contributed by atoms with Crippen LogP contribution in [-0.2, 0) is 13.0 Å². The van der Waals surface area contributed by atoms with Gasteiger partial charge in [0.1, 0.15) is 0 Å². The van der Waals surface area contributed by atoms with E-state index in [0.29, 0.717) is 18.4 Å². The van der Waals surface area contributed by atoms with Crippen molar-refractivity contribution >= 4 is 23.4 Å². The smallest absolute Gasteiger partial charge is 0.218 e. The predicted octanol–water partition coefficient (Wildman–Crippen LogP) is 5.83. The van der Waals surface area contributed by atoms with Crippen LogP contribution in [0.5, 0.6) is 0 Å². The zero-order valence-corrected chi connectivity index (χ0v) is 20.2. The number of aryl methyl sites for hydroxylation is 1. The summed E-state index contributed by atoms with van der Waals surface area (Å²) in [6.07, 6.45) is 4.75. The van der Waals surface area contributed by atoms with Crippen LogP contribution in [0.15, 0.2) is 53.6 Å². The third kappa shape index (κ3) is 6.93. The maximum absolute atomic E-state index is 6.58. The van der Waals surface area contributed by atoms with Gasteiger partial charge in [0.15, 0.2) is 0 Å². The maximum Gasteiger partial charge on any atom is 0.218 e. The lowest BCUT2D eigenvalue weighted by Gasteiger charge is -2.28. The number of nitrogens with two attached hydrogens (primary N) is 1. The van der Waals surface area contributed by atoms with Crippen molar-refractivity contribution in [2.24, 2.45) is 10.8 Å². The summed E-state index contributed by atoms with van der Waals surface area (Å²) in [4.78, 5) is 2.14. The van der Waals surface area contributed by atoms with E-state index < -0.39 is 0 Å². The highest BCUT2D eigenvalue weighted by Crippen LogP contribution is 2.24. The van der Waals surface area contributed by atoms with Crippen LogP contribution in [0.4, 0.5) is 5.69 Å². The van der Waals surface area contributed by atoms with Gasteiger partial charge >= 0.3 is 0 Å². The van der Waals surface area contributed by atoms with Gasteiger partial charge in [0.25, 0.3) is 0 Å². The standard InChI is InChI=1S/C26H38N4S/c1-4-6-7-22-8-10-23(11-9-22)20-30(26(27)28-29-16-18-31-19-17-29)25-14-12-24(13-15-25)21(3)5-2/h8-15,21H,4-7,16-20H2,1-3H3,(H2,27,28). The number of benzene rings is 2. The van der Waals surface area contributed by atoms with E-state index in [-0.39, 0.29) is 0 Å². The molecule has 1 heterocycles. The Bertz CT molecular complexity index is 810. The van der Waals surface area contributed by atoms with Crippen molar-refractivity contribution in [3.8, 4) is 0 Å². The number of anilines is 1. The lowest BCUT2D eigenvalue weighted by Crippen LogP contribution is -2.40. The summed E-state index contributed by atoms with van der Waals surface area (Å²) in [7, 11) is 0. The summed E-state index contributed by atoms with van der Waals surface area (Å²) < 4.78 is 0. The van der Waals surface area contributed by atoms with Gasteiger partial charge < -0.3 is 10.6 Å². The van der Waals surface area contributed by atoms with Gasteiger partial charge in [-0.05, 0) is 54.0 Å². The summed E-state index contributed by atoms with van der Waals surface area (Å²) in [5.74, 6) is 3.35. The first-order chi connectivity index (χ1) is 15.1. The van der Waals surface area contributed by atoms with Crippen molar-refractivity contribution in [3.05, 3.63) is 65.2 Å². The molecule has 0 bridgehead atoms. The summed E-state index contributed by atoms with van der Waals surface area (Å²) in [6.45, 7) is 9.38. The van der Waals surface area contributed by atoms with Crippen molar-refractivity contribution < 1.29 is 0 Å². The Kier molecular flexibility index (Phi) is 9.13. The Morgan fingerprint density at radius 2 is 1.68 bits per heavy atom. The number of guanidine groups is 1. The average Bonchev–Trinajstić information content (AvgIpc) is 2.82. The third-order valence-corrected chi connectivity index (χ3v) is 7.02. The molecule has 4 nitrogen and oxygen atoms in total. The molecule has 0 aliphatic carbocycles. The number of unbranched alkanes of at least 4 members (excludes halogenated alkanes) is 1. The van der Waals surface area contributed by atoms with E-state index in [9.17, 15) is 0 Å². The molecule has 0 radical (unpaired) electrons. The monoisotopic (exact) mass is 438 g/mol. The van der Waals surface area contributed by atoms with Gasteiger partial charge in [-0.1, -0.05) is 63.6 Å². The molecule has 1 atom stereocenters. The number of rotatable bonds is 9. The molecular weight excluding hydrogens is 400 g/mol. The van der Waals surface area contributed by atoms with E-state index in [1.165, 1.54) is 29.5 Å². The average molecular weight is 439 g/mol. The number of hydrogen-bond donors (Lipinski definition) is 1. The molecule has 1 saturated heterocycles. The quantitative estimate of drug-likeness (QED) is 0.395. The second kappa shape index (κ2) is 12.0. The summed E-state index contributed by atoms with van der Waals surface area (Å²) in [5, 5.41) is 6.89. The molecular formula is C26H38N4S. The maximum atomic E-state index is 6.58. The van der Waals surface area contributed by atoms with Gasteiger partial charge in [-0.2, -0.15) is 11.8 Å². The molecule has 2 aromatic carbocycles. The summed E-state index contributed by atoms with van der Waals surface area (Å²) in [5.41, 5.74) is 11.7. The van der Waals surface area contributed by atoms with Gasteiger partial charge in [-0.15, -0.1) is 5.10 Å². The van der Waals surface area contributed by atoms with Crippen LogP contribution in [0.2, 0.25) is 0 Å². The molecule has 31 heavy (non-hydrogen) atoms. The first kappa shape index (κ1) is 23.5. The normalized spacial score (nSPS) is 15.7. The van der Waals surface area contributed by atoms with Crippen LogP contribution >= 0.6 is 11.8 Å². The Morgan fingerprint density at radius 3 is 2.29 bits per heavy atom. The van der Waals surface area contributed by atoms with Gasteiger partial charge in [-0.3, -0.25) is 5.01 Å². The summed E-state index contributed by atoms with van der Waals surface area (Å²) >= 11 is 1.98. The Morgan fingerprint density at radius 1 is 1.03 bits per heavy atom. The Balaban J connectivity index is 1.82. The van der Waals surface area contributed by atoms with E-state index in [2.05, 4.69) is 79.2 Å². The van der Waals surface area contributed by atoms with Gasteiger partial charge in [-0.25, -0.2) is 0 Å². The van der Waals surface area contributed by atoms with E-state index in [1.807, 2.05) is 11.8 Å². The minimum atomic E-state index is 0.565. The third-order valence-electron chi connectivity index (χ3n) is 6.08.